The van der Waals surface area contributed by atoms with E-state index in [-0.39, 0.29) is 35.6 Å². The highest BCUT2D eigenvalue weighted by Gasteiger charge is 2.74. The molecule has 2 saturated carbocycles. The van der Waals surface area contributed by atoms with Gasteiger partial charge in [0.15, 0.2) is 11.5 Å². The van der Waals surface area contributed by atoms with Crippen LogP contribution in [0.2, 0.25) is 0 Å². The summed E-state index contributed by atoms with van der Waals surface area (Å²) in [5.41, 5.74) is -5.33. The number of fused-ring (bicyclic) bond motifs is 5. The van der Waals surface area contributed by atoms with Crippen molar-refractivity contribution in [1.29, 1.82) is 0 Å². The van der Waals surface area contributed by atoms with Crippen molar-refractivity contribution in [2.45, 2.75) is 98.9 Å². The van der Waals surface area contributed by atoms with Crippen LogP contribution in [0.3, 0.4) is 0 Å². The first-order valence-corrected chi connectivity index (χ1v) is 14.5. The van der Waals surface area contributed by atoms with Crippen LogP contribution in [0.15, 0.2) is 35.6 Å². The van der Waals surface area contributed by atoms with Gasteiger partial charge in [-0.05, 0) is 82.4 Å². The van der Waals surface area contributed by atoms with Gasteiger partial charge in [-0.2, -0.15) is 0 Å². The van der Waals surface area contributed by atoms with Crippen molar-refractivity contribution < 1.29 is 38.9 Å². The number of aliphatic hydroxyl groups is 2. The Morgan fingerprint density at radius 3 is 2.24 bits per heavy atom. The van der Waals surface area contributed by atoms with Gasteiger partial charge in [0, 0.05) is 30.6 Å². The number of rotatable bonds is 6. The van der Waals surface area contributed by atoms with E-state index in [1.807, 2.05) is 27.7 Å². The molecule has 0 aromatic carbocycles. The van der Waals surface area contributed by atoms with E-state index < -0.39 is 56.6 Å². The Morgan fingerprint density at radius 1 is 1.07 bits per heavy atom. The highest BCUT2D eigenvalue weighted by atomic mass is 16.6. The molecular weight excluding hydrogens is 524 g/mol. The molecule has 8 atom stereocenters. The first-order valence-electron chi connectivity index (χ1n) is 14.5. The second-order valence-electron chi connectivity index (χ2n) is 14.6. The maximum absolute atomic E-state index is 14.4. The van der Waals surface area contributed by atoms with Crippen LogP contribution in [0, 0.1) is 39.4 Å². The van der Waals surface area contributed by atoms with E-state index >= 15 is 0 Å². The van der Waals surface area contributed by atoms with Gasteiger partial charge in [-0.3, -0.25) is 19.2 Å². The first kappa shape index (κ1) is 31.4. The van der Waals surface area contributed by atoms with Crippen LogP contribution in [0.1, 0.15) is 81.6 Å². The molecule has 0 bridgehead atoms. The summed E-state index contributed by atoms with van der Waals surface area (Å²) in [5, 5.41) is 23.4. The molecule has 4 aliphatic carbocycles. The molecule has 226 valence electrons. The molecule has 2 N–H and O–H groups in total. The number of allylic oxidation sites excluding steroid dienone is 4. The number of esters is 1. The zero-order valence-electron chi connectivity index (χ0n) is 26.1. The van der Waals surface area contributed by atoms with Crippen LogP contribution >= 0.6 is 0 Å². The molecule has 4 aliphatic rings. The van der Waals surface area contributed by atoms with E-state index in [4.69, 9.17) is 9.47 Å². The zero-order chi connectivity index (χ0) is 31.1. The van der Waals surface area contributed by atoms with E-state index in [1.165, 1.54) is 33.1 Å². The average molecular weight is 571 g/mol. The quantitative estimate of drug-likeness (QED) is 0.275. The second kappa shape index (κ2) is 9.46. The van der Waals surface area contributed by atoms with Gasteiger partial charge in [0.05, 0.1) is 18.6 Å². The number of ketones is 3. The monoisotopic (exact) mass is 570 g/mol. The molecule has 0 radical (unpaired) electrons. The second-order valence-corrected chi connectivity index (χ2v) is 14.6. The van der Waals surface area contributed by atoms with Gasteiger partial charge < -0.3 is 19.7 Å². The molecule has 0 spiro atoms. The van der Waals surface area contributed by atoms with Crippen LogP contribution in [0.25, 0.3) is 0 Å². The Kier molecular flexibility index (Phi) is 7.24. The Hall–Kier alpha value is -2.58. The molecular formula is C33H46O8. The molecule has 4 rings (SSSR count). The summed E-state index contributed by atoms with van der Waals surface area (Å²) >= 11 is 0. The lowest BCUT2D eigenvalue weighted by Crippen LogP contribution is -2.64. The number of hydrogen-bond donors (Lipinski definition) is 2. The lowest BCUT2D eigenvalue weighted by molar-refractivity contribution is -0.179. The van der Waals surface area contributed by atoms with E-state index in [9.17, 15) is 29.4 Å². The van der Waals surface area contributed by atoms with Gasteiger partial charge in [0.2, 0.25) is 5.78 Å². The number of aliphatic hydroxyl groups excluding tert-OH is 1. The predicted molar refractivity (Wildman–Crippen MR) is 152 cm³/mol. The molecule has 0 amide bonds. The van der Waals surface area contributed by atoms with Crippen LogP contribution in [-0.4, -0.2) is 57.9 Å². The lowest BCUT2D eigenvalue weighted by Gasteiger charge is -2.63. The van der Waals surface area contributed by atoms with Gasteiger partial charge in [-0.25, -0.2) is 0 Å². The molecule has 0 aliphatic heterocycles. The third kappa shape index (κ3) is 4.31. The average Bonchev–Trinajstić information content (AvgIpc) is 3.04. The summed E-state index contributed by atoms with van der Waals surface area (Å²) in [4.78, 5) is 52.5. The topological polar surface area (TPSA) is 127 Å². The number of carbonyl (C=O) groups is 4. The minimum absolute atomic E-state index is 0.0104. The number of hydrogen-bond acceptors (Lipinski definition) is 8. The largest absolute Gasteiger partial charge is 0.493 e. The first-order chi connectivity index (χ1) is 18.6. The van der Waals surface area contributed by atoms with Crippen molar-refractivity contribution in [1.82, 2.24) is 0 Å². The highest BCUT2D eigenvalue weighted by molar-refractivity contribution is 6.02. The molecule has 0 unspecified atom stereocenters. The number of Topliss-reactive ketones (excluding diaryl/α,β-unsaturated/α-hetero) is 2. The van der Waals surface area contributed by atoms with Gasteiger partial charge in [-0.1, -0.05) is 32.4 Å². The third-order valence-electron chi connectivity index (χ3n) is 11.4. The van der Waals surface area contributed by atoms with E-state index in [0.717, 1.165) is 5.57 Å². The van der Waals surface area contributed by atoms with E-state index in [1.54, 1.807) is 19.9 Å². The van der Waals surface area contributed by atoms with Crippen molar-refractivity contribution in [2.24, 2.45) is 39.4 Å². The van der Waals surface area contributed by atoms with Crippen LogP contribution in [-0.2, 0) is 28.7 Å². The number of methoxy groups -OCH3 is 1. The maximum atomic E-state index is 14.4. The summed E-state index contributed by atoms with van der Waals surface area (Å²) in [5.74, 6) is -2.46. The normalized spacial score (nSPS) is 39.6. The van der Waals surface area contributed by atoms with E-state index in [2.05, 4.69) is 13.0 Å². The predicted octanol–water partition coefficient (Wildman–Crippen LogP) is 4.28. The standard InChI is InChI=1S/C33H46O8/c1-18(34)41-28(2,3)14-13-24(36)33(9,39)26-21(35)16-30(6)23-12-11-19-20(15-22(40-10)27(38)29(19,4)5)32(23,8)25(37)17-31(26,30)7/h11,13-15,20-21,23,26,35,39H,12,16-17H2,1-10H3/b14-13+/t20-,21-,23+,26+,30+,31-,32+,33+/m1/s1. The van der Waals surface area contributed by atoms with Gasteiger partial charge in [-0.15, -0.1) is 0 Å². The summed E-state index contributed by atoms with van der Waals surface area (Å²) < 4.78 is 10.7. The molecule has 41 heavy (non-hydrogen) atoms. The number of ether oxygens (including phenoxy) is 2. The molecule has 0 saturated heterocycles. The lowest BCUT2D eigenvalue weighted by atomic mass is 9.39. The molecule has 0 aromatic heterocycles. The van der Waals surface area contributed by atoms with Crippen LogP contribution in [0.5, 0.6) is 0 Å². The maximum Gasteiger partial charge on any atom is 0.303 e. The minimum atomic E-state index is -1.99. The third-order valence-corrected chi connectivity index (χ3v) is 11.4. The summed E-state index contributed by atoms with van der Waals surface area (Å²) in [7, 11) is 1.47. The van der Waals surface area contributed by atoms with Crippen molar-refractivity contribution in [3.05, 3.63) is 35.6 Å². The minimum Gasteiger partial charge on any atom is -0.493 e. The fourth-order valence-corrected chi connectivity index (χ4v) is 9.12. The van der Waals surface area contributed by atoms with Gasteiger partial charge in [0.1, 0.15) is 17.0 Å². The summed E-state index contributed by atoms with van der Waals surface area (Å²) in [6, 6.07) is 0. The van der Waals surface area contributed by atoms with Crippen molar-refractivity contribution in [3.8, 4) is 0 Å². The molecule has 8 heteroatoms. The van der Waals surface area contributed by atoms with Crippen LogP contribution < -0.4 is 0 Å². The smallest absolute Gasteiger partial charge is 0.303 e. The molecule has 2 fully saturated rings. The fourth-order valence-electron chi connectivity index (χ4n) is 9.12. The fraction of sp³-hybridized carbons (Fsp3) is 0.697. The molecule has 0 heterocycles. The molecule has 0 aromatic rings. The Labute approximate surface area is 243 Å². The number of carbonyl (C=O) groups excluding carboxylic acids is 4. The van der Waals surface area contributed by atoms with Crippen molar-refractivity contribution in [3.63, 3.8) is 0 Å². The Balaban J connectivity index is 1.77. The Bertz CT molecular complexity index is 1280. The van der Waals surface area contributed by atoms with Crippen molar-refractivity contribution >= 4 is 23.3 Å². The molecule has 8 nitrogen and oxygen atoms in total. The zero-order valence-corrected chi connectivity index (χ0v) is 26.1. The van der Waals surface area contributed by atoms with Gasteiger partial charge in [0.25, 0.3) is 0 Å². The summed E-state index contributed by atoms with van der Waals surface area (Å²) in [6.07, 6.45) is 6.41. The SMILES string of the molecule is COC1=C[C@@H]2C(=CC[C@@H]3[C@@]2(C)C(=O)C[C@]2(C)[C@@H]([C@@](C)(O)C(=O)/C=C/C(C)(C)OC(C)=O)[C@H](O)C[C@@]32C)C(C)(C)C1=O. The highest BCUT2D eigenvalue weighted by Crippen LogP contribution is 2.73. The van der Waals surface area contributed by atoms with Crippen molar-refractivity contribution in [2.75, 3.05) is 7.11 Å². The Morgan fingerprint density at radius 2 is 1.68 bits per heavy atom. The van der Waals surface area contributed by atoms with E-state index in [0.29, 0.717) is 12.8 Å². The van der Waals surface area contributed by atoms with Crippen LogP contribution in [0.4, 0.5) is 0 Å². The summed E-state index contributed by atoms with van der Waals surface area (Å²) in [6.45, 7) is 15.7. The van der Waals surface area contributed by atoms with Gasteiger partial charge >= 0.3 is 5.97 Å².